The Bertz CT molecular complexity index is 1660. The van der Waals surface area contributed by atoms with E-state index in [1.54, 1.807) is 47.5 Å². The molecule has 0 fully saturated rings. The van der Waals surface area contributed by atoms with E-state index in [4.69, 9.17) is 26.3 Å². The maximum Gasteiger partial charge on any atom is 0.253 e. The summed E-state index contributed by atoms with van der Waals surface area (Å²) in [7, 11) is 7.34. The third-order valence-electron chi connectivity index (χ3n) is 7.01. The first-order chi connectivity index (χ1) is 20.2. The van der Waals surface area contributed by atoms with Crippen LogP contribution < -0.4 is 10.1 Å². The van der Waals surface area contributed by atoms with Crippen molar-refractivity contribution in [2.24, 2.45) is 4.99 Å². The number of fused-ring (bicyclic) bond motifs is 3. The van der Waals surface area contributed by atoms with E-state index in [9.17, 15) is 4.79 Å². The number of carbonyl (C=O) groups excluding carboxylic acids is 1. The summed E-state index contributed by atoms with van der Waals surface area (Å²) in [6, 6.07) is 17.3. The van der Waals surface area contributed by atoms with Gasteiger partial charge >= 0.3 is 0 Å². The van der Waals surface area contributed by atoms with E-state index in [1.165, 1.54) is 13.2 Å². The highest BCUT2D eigenvalue weighted by molar-refractivity contribution is 6.31. The van der Waals surface area contributed by atoms with Crippen molar-refractivity contribution < 1.29 is 13.9 Å². The number of nitrogens with zero attached hydrogens (tertiary/aromatic N) is 5. The van der Waals surface area contributed by atoms with Crippen LogP contribution in [0, 0.1) is 5.82 Å². The molecule has 0 saturated heterocycles. The summed E-state index contributed by atoms with van der Waals surface area (Å²) in [6.45, 7) is 1.80. The SMILES string of the molecule is COc1cccc(F)c1C1=NCc2cnc(Nc3cccc(C(=O)N(C)CCCN(C)C)c3)nc2-c2ccc(Cl)cc21. The molecule has 0 unspecified atom stereocenters. The minimum absolute atomic E-state index is 0.0562. The summed E-state index contributed by atoms with van der Waals surface area (Å²) >= 11 is 6.41. The lowest BCUT2D eigenvalue weighted by molar-refractivity contribution is 0.0790. The number of hydrogen-bond acceptors (Lipinski definition) is 7. The second-order valence-electron chi connectivity index (χ2n) is 10.3. The largest absolute Gasteiger partial charge is 0.496 e. The highest BCUT2D eigenvalue weighted by Gasteiger charge is 2.25. The van der Waals surface area contributed by atoms with Crippen LogP contribution in [0.2, 0.25) is 5.02 Å². The maximum absolute atomic E-state index is 15.2. The molecule has 0 atom stereocenters. The van der Waals surface area contributed by atoms with Gasteiger partial charge in [0.2, 0.25) is 5.95 Å². The highest BCUT2D eigenvalue weighted by Crippen LogP contribution is 2.36. The molecule has 0 saturated carbocycles. The van der Waals surface area contributed by atoms with Crippen molar-refractivity contribution in [2.75, 3.05) is 46.7 Å². The first-order valence-electron chi connectivity index (χ1n) is 13.6. The monoisotopic (exact) mass is 586 g/mol. The van der Waals surface area contributed by atoms with Gasteiger partial charge in [0.1, 0.15) is 11.6 Å². The van der Waals surface area contributed by atoms with E-state index < -0.39 is 5.82 Å². The molecular weight excluding hydrogens is 555 g/mol. The Morgan fingerprint density at radius 1 is 1.05 bits per heavy atom. The number of ether oxygens (including phenoxy) is 1. The molecule has 8 nitrogen and oxygen atoms in total. The predicted octanol–water partition coefficient (Wildman–Crippen LogP) is 6.06. The summed E-state index contributed by atoms with van der Waals surface area (Å²) in [5.74, 6) is 0.220. The molecule has 1 aromatic heterocycles. The number of rotatable bonds is 9. The molecule has 0 radical (unpaired) electrons. The van der Waals surface area contributed by atoms with Crippen LogP contribution in [0.4, 0.5) is 16.0 Å². The zero-order valence-electron chi connectivity index (χ0n) is 24.0. The fraction of sp³-hybridized carbons (Fsp3) is 0.250. The van der Waals surface area contributed by atoms with Crippen LogP contribution in [0.25, 0.3) is 11.3 Å². The Hall–Kier alpha value is -4.34. The zero-order chi connectivity index (χ0) is 29.8. The lowest BCUT2D eigenvalue weighted by atomic mass is 9.94. The molecule has 5 rings (SSSR count). The standard InChI is InChI=1S/C32H32ClFN6O2/c1-39(2)14-7-15-40(3)31(41)20-8-5-9-23(16-20)37-32-36-19-21-18-35-30(28-26(34)10-6-11-27(28)42-4)25-17-22(33)12-13-24(25)29(21)38-32/h5-6,8-13,16-17,19H,7,14-15,18H2,1-4H3,(H,36,37,38). The summed E-state index contributed by atoms with van der Waals surface area (Å²) in [5, 5.41) is 3.72. The molecule has 1 aliphatic heterocycles. The van der Waals surface area contributed by atoms with E-state index in [2.05, 4.69) is 15.2 Å². The van der Waals surface area contributed by atoms with Gasteiger partial charge < -0.3 is 19.9 Å². The van der Waals surface area contributed by atoms with Crippen molar-refractivity contribution in [3.8, 4) is 17.0 Å². The number of carbonyl (C=O) groups is 1. The minimum Gasteiger partial charge on any atom is -0.496 e. The van der Waals surface area contributed by atoms with Crippen LogP contribution in [0.5, 0.6) is 5.75 Å². The zero-order valence-corrected chi connectivity index (χ0v) is 24.7. The second-order valence-corrected chi connectivity index (χ2v) is 10.8. The number of amides is 1. The van der Waals surface area contributed by atoms with E-state index in [0.717, 1.165) is 24.1 Å². The molecule has 42 heavy (non-hydrogen) atoms. The van der Waals surface area contributed by atoms with E-state index in [1.807, 2.05) is 39.3 Å². The quantitative estimate of drug-likeness (QED) is 0.257. The third-order valence-corrected chi connectivity index (χ3v) is 7.24. The molecule has 1 aliphatic rings. The van der Waals surface area contributed by atoms with Crippen LogP contribution in [0.1, 0.15) is 33.5 Å². The molecular formula is C32H32ClFN6O2. The van der Waals surface area contributed by atoms with E-state index in [-0.39, 0.29) is 18.0 Å². The van der Waals surface area contributed by atoms with Crippen molar-refractivity contribution in [1.29, 1.82) is 0 Å². The van der Waals surface area contributed by atoms with Crippen molar-refractivity contribution in [1.82, 2.24) is 19.8 Å². The van der Waals surface area contributed by atoms with Crippen molar-refractivity contribution in [3.05, 3.63) is 100.0 Å². The summed E-state index contributed by atoms with van der Waals surface area (Å²) in [5.41, 5.74) is 4.74. The number of aliphatic imine (C=N–C) groups is 1. The molecule has 4 aromatic rings. The van der Waals surface area contributed by atoms with Crippen molar-refractivity contribution in [3.63, 3.8) is 0 Å². The van der Waals surface area contributed by atoms with Gasteiger partial charge in [-0.1, -0.05) is 29.8 Å². The Kier molecular flexibility index (Phi) is 8.80. The molecule has 0 spiro atoms. The fourth-order valence-corrected chi connectivity index (χ4v) is 5.08. The van der Waals surface area contributed by atoms with Gasteiger partial charge in [-0.2, -0.15) is 0 Å². The first kappa shape index (κ1) is 29.2. The molecule has 2 heterocycles. The lowest BCUT2D eigenvalue weighted by Crippen LogP contribution is -2.29. The Balaban J connectivity index is 1.45. The minimum atomic E-state index is -0.448. The molecule has 0 bridgehead atoms. The normalized spacial score (nSPS) is 12.2. The van der Waals surface area contributed by atoms with E-state index >= 15 is 4.39 Å². The van der Waals surface area contributed by atoms with Gasteiger partial charge in [0.15, 0.2) is 0 Å². The average Bonchev–Trinajstić information content (AvgIpc) is 3.12. The first-order valence-corrected chi connectivity index (χ1v) is 13.9. The molecule has 3 aromatic carbocycles. The topological polar surface area (TPSA) is 83.0 Å². The number of methoxy groups -OCH3 is 1. The molecule has 216 valence electrons. The Labute approximate surface area is 249 Å². The summed E-state index contributed by atoms with van der Waals surface area (Å²) in [6.07, 6.45) is 2.60. The second kappa shape index (κ2) is 12.7. The van der Waals surface area contributed by atoms with Gasteiger partial charge in [0.05, 0.1) is 30.6 Å². The van der Waals surface area contributed by atoms with Crippen molar-refractivity contribution in [2.45, 2.75) is 13.0 Å². The number of hydrogen-bond donors (Lipinski definition) is 1. The fourth-order valence-electron chi connectivity index (χ4n) is 4.91. The van der Waals surface area contributed by atoms with Crippen LogP contribution in [0.3, 0.4) is 0 Å². The number of nitrogens with one attached hydrogen (secondary N) is 1. The van der Waals surface area contributed by atoms with Gasteiger partial charge in [0, 0.05) is 52.8 Å². The third kappa shape index (κ3) is 6.27. The van der Waals surface area contributed by atoms with Gasteiger partial charge in [-0.25, -0.2) is 14.4 Å². The van der Waals surface area contributed by atoms with Gasteiger partial charge in [-0.15, -0.1) is 0 Å². The van der Waals surface area contributed by atoms with Crippen LogP contribution in [-0.4, -0.2) is 72.7 Å². The Morgan fingerprint density at radius 3 is 2.64 bits per heavy atom. The van der Waals surface area contributed by atoms with Crippen LogP contribution in [-0.2, 0) is 6.54 Å². The Morgan fingerprint density at radius 2 is 1.86 bits per heavy atom. The van der Waals surface area contributed by atoms with E-state index in [0.29, 0.717) is 51.5 Å². The van der Waals surface area contributed by atoms with Gasteiger partial charge in [-0.3, -0.25) is 9.79 Å². The smallest absolute Gasteiger partial charge is 0.253 e. The predicted molar refractivity (Wildman–Crippen MR) is 165 cm³/mol. The number of aromatic nitrogens is 2. The molecule has 1 amide bonds. The summed E-state index contributed by atoms with van der Waals surface area (Å²) in [4.78, 5) is 31.0. The van der Waals surface area contributed by atoms with Crippen LogP contribution >= 0.6 is 11.6 Å². The van der Waals surface area contributed by atoms with Crippen LogP contribution in [0.15, 0.2) is 71.9 Å². The van der Waals surface area contributed by atoms with Gasteiger partial charge in [-0.05, 0) is 69.5 Å². The number of halogens is 2. The molecule has 1 N–H and O–H groups in total. The highest BCUT2D eigenvalue weighted by atomic mass is 35.5. The number of benzene rings is 3. The average molecular weight is 587 g/mol. The van der Waals surface area contributed by atoms with Crippen molar-refractivity contribution >= 4 is 34.9 Å². The molecule has 10 heteroatoms. The number of anilines is 2. The molecule has 0 aliphatic carbocycles. The summed E-state index contributed by atoms with van der Waals surface area (Å²) < 4.78 is 20.6. The maximum atomic E-state index is 15.2. The lowest BCUT2D eigenvalue weighted by Gasteiger charge is -2.19. The van der Waals surface area contributed by atoms with Gasteiger partial charge in [0.25, 0.3) is 5.91 Å².